The molecule has 0 heteroatoms. The van der Waals surface area contributed by atoms with Crippen LogP contribution in [0.5, 0.6) is 0 Å². The second-order valence-electron chi connectivity index (χ2n) is 6.47. The van der Waals surface area contributed by atoms with Gasteiger partial charge in [-0.1, -0.05) is 44.1 Å². The molecule has 3 aliphatic carbocycles. The number of hydrogen-bond donors (Lipinski definition) is 0. The van der Waals surface area contributed by atoms with E-state index < -0.39 is 0 Å². The van der Waals surface area contributed by atoms with Gasteiger partial charge in [-0.15, -0.1) is 0 Å². The van der Waals surface area contributed by atoms with Gasteiger partial charge in [-0.05, 0) is 43.4 Å². The van der Waals surface area contributed by atoms with E-state index in [0.717, 1.165) is 11.8 Å². The van der Waals surface area contributed by atoms with E-state index in [-0.39, 0.29) is 0 Å². The molecule has 0 aromatic heterocycles. The van der Waals surface area contributed by atoms with Crippen LogP contribution in [0.25, 0.3) is 0 Å². The minimum Gasteiger partial charge on any atom is -0.0732 e. The van der Waals surface area contributed by atoms with Crippen molar-refractivity contribution in [2.45, 2.75) is 47.0 Å². The highest BCUT2D eigenvalue weighted by molar-refractivity contribution is 5.47. The predicted octanol–water partition coefficient (Wildman–Crippen LogP) is 4.34. The zero-order valence-electron chi connectivity index (χ0n) is 10.4. The van der Waals surface area contributed by atoms with E-state index in [1.165, 1.54) is 19.3 Å². The Hall–Kier alpha value is -0.520. The molecule has 2 saturated carbocycles. The normalized spacial score (nSPS) is 46.1. The molecule has 3 atom stereocenters. The van der Waals surface area contributed by atoms with Crippen LogP contribution in [0.2, 0.25) is 0 Å². The Bertz CT molecular complexity index is 369. The molecule has 0 radical (unpaired) electrons. The Morgan fingerprint density at radius 1 is 1.27 bits per heavy atom. The van der Waals surface area contributed by atoms with Crippen LogP contribution in [0.4, 0.5) is 0 Å². The Kier molecular flexibility index (Phi) is 1.67. The van der Waals surface area contributed by atoms with Crippen LogP contribution < -0.4 is 0 Å². The van der Waals surface area contributed by atoms with Crippen molar-refractivity contribution < 1.29 is 0 Å². The molecule has 0 N–H and O–H groups in total. The van der Waals surface area contributed by atoms with Gasteiger partial charge in [0.1, 0.15) is 0 Å². The van der Waals surface area contributed by atoms with Gasteiger partial charge >= 0.3 is 0 Å². The van der Waals surface area contributed by atoms with Gasteiger partial charge in [0.15, 0.2) is 0 Å². The largest absolute Gasteiger partial charge is 0.0732 e. The topological polar surface area (TPSA) is 0 Å². The molecule has 0 amide bonds. The van der Waals surface area contributed by atoms with E-state index in [1.807, 2.05) is 0 Å². The molecule has 0 aromatic rings. The lowest BCUT2D eigenvalue weighted by Crippen LogP contribution is -2.43. The highest BCUT2D eigenvalue weighted by Crippen LogP contribution is 2.70. The summed E-state index contributed by atoms with van der Waals surface area (Å²) in [4.78, 5) is 0. The van der Waals surface area contributed by atoms with Gasteiger partial charge in [0, 0.05) is 5.41 Å². The molecule has 2 fully saturated rings. The maximum absolute atomic E-state index is 2.54. The molecule has 82 valence electrons. The van der Waals surface area contributed by atoms with Gasteiger partial charge in [-0.3, -0.25) is 0 Å². The van der Waals surface area contributed by atoms with Crippen molar-refractivity contribution >= 4 is 0 Å². The summed E-state index contributed by atoms with van der Waals surface area (Å²) in [5.74, 6) is 1.78. The van der Waals surface area contributed by atoms with Crippen molar-refractivity contribution in [2.24, 2.45) is 22.7 Å². The first-order valence-electron chi connectivity index (χ1n) is 6.39. The van der Waals surface area contributed by atoms with Crippen LogP contribution in [-0.4, -0.2) is 0 Å². The summed E-state index contributed by atoms with van der Waals surface area (Å²) in [6, 6.07) is 0. The second kappa shape index (κ2) is 2.59. The van der Waals surface area contributed by atoms with Crippen molar-refractivity contribution in [1.29, 1.82) is 0 Å². The number of allylic oxidation sites excluding steroid dienone is 4. The van der Waals surface area contributed by atoms with Crippen LogP contribution in [0.15, 0.2) is 23.3 Å². The van der Waals surface area contributed by atoms with E-state index in [4.69, 9.17) is 0 Å². The first-order chi connectivity index (χ1) is 7.00. The lowest BCUT2D eigenvalue weighted by Gasteiger charge is -2.50. The fourth-order valence-electron chi connectivity index (χ4n) is 4.80. The molecule has 0 nitrogen and oxygen atoms in total. The van der Waals surface area contributed by atoms with Gasteiger partial charge < -0.3 is 0 Å². The minimum atomic E-state index is 0.431. The maximum atomic E-state index is 2.54. The summed E-state index contributed by atoms with van der Waals surface area (Å²) in [6.45, 7) is 9.78. The lowest BCUT2D eigenvalue weighted by atomic mass is 9.54. The summed E-state index contributed by atoms with van der Waals surface area (Å²) < 4.78 is 0. The van der Waals surface area contributed by atoms with Crippen molar-refractivity contribution in [2.75, 3.05) is 0 Å². The smallest absolute Gasteiger partial charge is 0.0179 e. The maximum Gasteiger partial charge on any atom is 0.0179 e. The molecule has 3 rings (SSSR count). The standard InChI is InChI=1S/C15H22/c1-10-7-8-15-11(2)5-6-12(9-13(10)15)14(15,3)4/h7-8,11-12H,5-6,9H2,1-4H3. The monoisotopic (exact) mass is 202 g/mol. The average molecular weight is 202 g/mol. The van der Waals surface area contributed by atoms with Crippen LogP contribution >= 0.6 is 0 Å². The zero-order chi connectivity index (χ0) is 10.8. The molecular formula is C15H22. The Balaban J connectivity index is 2.24. The number of hydrogen-bond acceptors (Lipinski definition) is 0. The van der Waals surface area contributed by atoms with Gasteiger partial charge in [0.2, 0.25) is 0 Å². The molecular weight excluding hydrogens is 180 g/mol. The molecule has 0 aromatic carbocycles. The summed E-state index contributed by atoms with van der Waals surface area (Å²) >= 11 is 0. The Morgan fingerprint density at radius 2 is 2.00 bits per heavy atom. The fourth-order valence-corrected chi connectivity index (χ4v) is 4.80. The first-order valence-corrected chi connectivity index (χ1v) is 6.39. The van der Waals surface area contributed by atoms with E-state index in [2.05, 4.69) is 39.8 Å². The quantitative estimate of drug-likeness (QED) is 0.548. The second-order valence-corrected chi connectivity index (χ2v) is 6.47. The van der Waals surface area contributed by atoms with Crippen molar-refractivity contribution in [3.05, 3.63) is 23.3 Å². The zero-order valence-corrected chi connectivity index (χ0v) is 10.4. The van der Waals surface area contributed by atoms with Crippen LogP contribution in [0.3, 0.4) is 0 Å². The fraction of sp³-hybridized carbons (Fsp3) is 0.733. The van der Waals surface area contributed by atoms with Crippen molar-refractivity contribution in [3.8, 4) is 0 Å². The van der Waals surface area contributed by atoms with E-state index in [1.54, 1.807) is 11.1 Å². The molecule has 0 aliphatic heterocycles. The molecule has 3 unspecified atom stereocenters. The van der Waals surface area contributed by atoms with Crippen LogP contribution in [0, 0.1) is 22.7 Å². The van der Waals surface area contributed by atoms with Crippen LogP contribution in [0.1, 0.15) is 47.0 Å². The molecule has 0 saturated heterocycles. The predicted molar refractivity (Wildman–Crippen MR) is 64.6 cm³/mol. The summed E-state index contributed by atoms with van der Waals surface area (Å²) in [5.41, 5.74) is 4.27. The summed E-state index contributed by atoms with van der Waals surface area (Å²) in [6.07, 6.45) is 9.17. The summed E-state index contributed by atoms with van der Waals surface area (Å²) in [7, 11) is 0. The molecule has 2 bridgehead atoms. The minimum absolute atomic E-state index is 0.431. The van der Waals surface area contributed by atoms with Gasteiger partial charge in [-0.25, -0.2) is 0 Å². The number of rotatable bonds is 0. The summed E-state index contributed by atoms with van der Waals surface area (Å²) in [5, 5.41) is 0. The van der Waals surface area contributed by atoms with Gasteiger partial charge in [0.05, 0.1) is 0 Å². The molecule has 15 heavy (non-hydrogen) atoms. The SMILES string of the molecule is CC1=C2CC3CCC(C)C2(C=C1)C3(C)C. The Labute approximate surface area is 93.5 Å². The third-order valence-electron chi connectivity index (χ3n) is 5.83. The van der Waals surface area contributed by atoms with E-state index >= 15 is 0 Å². The van der Waals surface area contributed by atoms with Gasteiger partial charge in [0.25, 0.3) is 0 Å². The first kappa shape index (κ1) is 9.69. The third-order valence-corrected chi connectivity index (χ3v) is 5.83. The van der Waals surface area contributed by atoms with Crippen molar-refractivity contribution in [3.63, 3.8) is 0 Å². The molecule has 1 spiro atoms. The van der Waals surface area contributed by atoms with E-state index in [9.17, 15) is 0 Å². The molecule has 0 heterocycles. The average Bonchev–Trinajstić information content (AvgIpc) is 2.53. The van der Waals surface area contributed by atoms with Gasteiger partial charge in [-0.2, -0.15) is 0 Å². The third kappa shape index (κ3) is 0.859. The Morgan fingerprint density at radius 3 is 2.73 bits per heavy atom. The van der Waals surface area contributed by atoms with Crippen LogP contribution in [-0.2, 0) is 0 Å². The molecule has 3 aliphatic rings. The number of fused-ring (bicyclic) bond motifs is 1. The highest BCUT2D eigenvalue weighted by atomic mass is 14.7. The van der Waals surface area contributed by atoms with E-state index in [0.29, 0.717) is 10.8 Å². The van der Waals surface area contributed by atoms with Crippen molar-refractivity contribution in [1.82, 2.24) is 0 Å². The lowest BCUT2D eigenvalue weighted by molar-refractivity contribution is 0.0327. The highest BCUT2D eigenvalue weighted by Gasteiger charge is 2.61.